The highest BCUT2D eigenvalue weighted by Crippen LogP contribution is 2.37. The fourth-order valence-corrected chi connectivity index (χ4v) is 4.43. The average molecular weight is 286 g/mol. The summed E-state index contributed by atoms with van der Waals surface area (Å²) in [6.45, 7) is 11.0. The van der Waals surface area contributed by atoms with Gasteiger partial charge in [-0.2, -0.15) is 11.8 Å². The Bertz CT molecular complexity index is 249. The van der Waals surface area contributed by atoms with Crippen molar-refractivity contribution in [2.24, 2.45) is 10.8 Å². The van der Waals surface area contributed by atoms with Gasteiger partial charge in [0.15, 0.2) is 0 Å². The third kappa shape index (κ3) is 3.87. The third-order valence-electron chi connectivity index (χ3n) is 4.70. The van der Waals surface area contributed by atoms with Gasteiger partial charge in [0, 0.05) is 25.0 Å². The molecule has 4 aliphatic heterocycles. The maximum absolute atomic E-state index is 5.12. The number of hydrogen-bond donors (Lipinski definition) is 2. The standard InChI is InChI=1S/C7H13NS.C6H11NO.C2H6/c1-3-9-4-2-7(1)5-8-6-7;1-2-7-3-6(1)4-8-5-6;1-2/h8H,1-6H2;7H,1-5H2;1-2H3. The lowest BCUT2D eigenvalue weighted by molar-refractivity contribution is -0.0995. The average Bonchev–Trinajstić information content (AvgIpc) is 2.91. The molecule has 0 aromatic carbocycles. The smallest absolute Gasteiger partial charge is 0.0557 e. The maximum atomic E-state index is 5.12. The van der Waals surface area contributed by atoms with Crippen LogP contribution in [0.25, 0.3) is 0 Å². The second-order valence-electron chi connectivity index (χ2n) is 6.14. The first-order valence-corrected chi connectivity index (χ1v) is 9.05. The molecule has 2 spiro atoms. The van der Waals surface area contributed by atoms with Gasteiger partial charge in [-0.1, -0.05) is 13.8 Å². The van der Waals surface area contributed by atoms with Crippen molar-refractivity contribution in [1.82, 2.24) is 10.6 Å². The lowest BCUT2D eigenvalue weighted by Gasteiger charge is -2.45. The van der Waals surface area contributed by atoms with Gasteiger partial charge in [-0.25, -0.2) is 0 Å². The fourth-order valence-electron chi connectivity index (χ4n) is 3.07. The normalized spacial score (nSPS) is 29.4. The minimum atomic E-state index is 0.583. The molecule has 0 aromatic heterocycles. The van der Waals surface area contributed by atoms with Crippen molar-refractivity contribution in [2.75, 3.05) is 50.9 Å². The van der Waals surface area contributed by atoms with Gasteiger partial charge in [-0.3, -0.25) is 0 Å². The van der Waals surface area contributed by atoms with Crippen LogP contribution < -0.4 is 10.6 Å². The second-order valence-corrected chi connectivity index (χ2v) is 7.36. The number of nitrogens with one attached hydrogen (secondary N) is 2. The van der Waals surface area contributed by atoms with E-state index < -0.39 is 0 Å². The highest BCUT2D eigenvalue weighted by molar-refractivity contribution is 7.99. The van der Waals surface area contributed by atoms with E-state index >= 15 is 0 Å². The summed E-state index contributed by atoms with van der Waals surface area (Å²) in [7, 11) is 0. The van der Waals surface area contributed by atoms with E-state index in [1.165, 1.54) is 56.9 Å². The van der Waals surface area contributed by atoms with E-state index in [1.54, 1.807) is 0 Å². The molecule has 0 aromatic rings. The summed E-state index contributed by atoms with van der Waals surface area (Å²) in [5, 5.41) is 6.70. The molecule has 0 aliphatic carbocycles. The quantitative estimate of drug-likeness (QED) is 0.715. The number of ether oxygens (including phenoxy) is 1. The largest absolute Gasteiger partial charge is 0.380 e. The molecule has 0 radical (unpaired) electrons. The molecule has 3 nitrogen and oxygen atoms in total. The molecule has 4 heterocycles. The molecule has 2 N–H and O–H groups in total. The molecule has 0 bridgehead atoms. The molecule has 4 rings (SSSR count). The molecule has 4 heteroatoms. The number of rotatable bonds is 0. The molecule has 4 saturated heterocycles. The van der Waals surface area contributed by atoms with Gasteiger partial charge in [0.05, 0.1) is 13.2 Å². The third-order valence-corrected chi connectivity index (χ3v) is 5.69. The van der Waals surface area contributed by atoms with Crippen LogP contribution in [0.1, 0.15) is 33.1 Å². The zero-order chi connectivity index (χ0) is 13.6. The summed E-state index contributed by atoms with van der Waals surface area (Å²) in [5.74, 6) is 2.81. The molecule has 0 unspecified atom stereocenters. The molecule has 19 heavy (non-hydrogen) atoms. The summed E-state index contributed by atoms with van der Waals surface area (Å²) < 4.78 is 5.12. The van der Waals surface area contributed by atoms with Crippen LogP contribution in [0.3, 0.4) is 0 Å². The van der Waals surface area contributed by atoms with Crippen molar-refractivity contribution in [3.63, 3.8) is 0 Å². The summed E-state index contributed by atoms with van der Waals surface area (Å²) in [6.07, 6.45) is 4.25. The molecule has 0 amide bonds. The van der Waals surface area contributed by atoms with Crippen molar-refractivity contribution < 1.29 is 4.74 Å². The second kappa shape index (κ2) is 7.30. The van der Waals surface area contributed by atoms with Crippen LogP contribution in [0.15, 0.2) is 0 Å². The minimum absolute atomic E-state index is 0.583. The van der Waals surface area contributed by atoms with Gasteiger partial charge in [0.1, 0.15) is 0 Å². The number of hydrogen-bond acceptors (Lipinski definition) is 4. The molecule has 0 atom stereocenters. The van der Waals surface area contributed by atoms with Crippen LogP contribution >= 0.6 is 11.8 Å². The lowest BCUT2D eigenvalue weighted by Crippen LogP contribution is -2.54. The van der Waals surface area contributed by atoms with Crippen LogP contribution in [0, 0.1) is 10.8 Å². The van der Waals surface area contributed by atoms with E-state index in [9.17, 15) is 0 Å². The van der Waals surface area contributed by atoms with Crippen molar-refractivity contribution >= 4 is 11.8 Å². The van der Waals surface area contributed by atoms with E-state index in [0.29, 0.717) is 5.41 Å². The Morgan fingerprint density at radius 1 is 0.842 bits per heavy atom. The first-order valence-electron chi connectivity index (χ1n) is 7.90. The summed E-state index contributed by atoms with van der Waals surface area (Å²) >= 11 is 2.12. The van der Waals surface area contributed by atoms with Crippen LogP contribution in [0.4, 0.5) is 0 Å². The van der Waals surface area contributed by atoms with E-state index in [4.69, 9.17) is 4.74 Å². The van der Waals surface area contributed by atoms with Gasteiger partial charge >= 0.3 is 0 Å². The van der Waals surface area contributed by atoms with Crippen LogP contribution in [0.2, 0.25) is 0 Å². The fraction of sp³-hybridized carbons (Fsp3) is 1.00. The highest BCUT2D eigenvalue weighted by atomic mass is 32.2. The van der Waals surface area contributed by atoms with E-state index in [-0.39, 0.29) is 0 Å². The van der Waals surface area contributed by atoms with Crippen LogP contribution in [0.5, 0.6) is 0 Å². The molecule has 4 aliphatic rings. The Kier molecular flexibility index (Phi) is 6.00. The molecular weight excluding hydrogens is 256 g/mol. The van der Waals surface area contributed by atoms with Crippen molar-refractivity contribution in [2.45, 2.75) is 33.1 Å². The van der Waals surface area contributed by atoms with E-state index in [2.05, 4.69) is 22.4 Å². The van der Waals surface area contributed by atoms with Gasteiger partial charge in [-0.15, -0.1) is 0 Å². The van der Waals surface area contributed by atoms with Crippen molar-refractivity contribution in [3.05, 3.63) is 0 Å². The Morgan fingerprint density at radius 3 is 1.74 bits per heavy atom. The Balaban J connectivity index is 0.000000125. The van der Waals surface area contributed by atoms with Gasteiger partial charge in [0.2, 0.25) is 0 Å². The van der Waals surface area contributed by atoms with E-state index in [0.717, 1.165) is 18.6 Å². The van der Waals surface area contributed by atoms with Gasteiger partial charge in [-0.05, 0) is 42.7 Å². The molecular formula is C15H30N2OS. The minimum Gasteiger partial charge on any atom is -0.380 e. The predicted octanol–water partition coefficient (Wildman–Crippen LogP) is 2.13. The van der Waals surface area contributed by atoms with Gasteiger partial charge < -0.3 is 15.4 Å². The topological polar surface area (TPSA) is 33.3 Å². The van der Waals surface area contributed by atoms with Crippen LogP contribution in [-0.4, -0.2) is 50.9 Å². The van der Waals surface area contributed by atoms with Crippen LogP contribution in [-0.2, 0) is 4.74 Å². The Hall–Kier alpha value is 0.230. The maximum Gasteiger partial charge on any atom is 0.0557 e. The van der Waals surface area contributed by atoms with E-state index in [1.807, 2.05) is 13.8 Å². The summed E-state index contributed by atoms with van der Waals surface area (Å²) in [6, 6.07) is 0. The predicted molar refractivity (Wildman–Crippen MR) is 83.9 cm³/mol. The summed E-state index contributed by atoms with van der Waals surface area (Å²) in [4.78, 5) is 0. The Morgan fingerprint density at radius 2 is 1.47 bits per heavy atom. The summed E-state index contributed by atoms with van der Waals surface area (Å²) in [5.41, 5.74) is 1.35. The zero-order valence-corrected chi connectivity index (χ0v) is 13.4. The van der Waals surface area contributed by atoms with Gasteiger partial charge in [0.25, 0.3) is 0 Å². The lowest BCUT2D eigenvalue weighted by atomic mass is 9.77. The Labute approximate surface area is 122 Å². The first kappa shape index (κ1) is 15.6. The first-order chi connectivity index (χ1) is 9.33. The zero-order valence-electron chi connectivity index (χ0n) is 12.6. The molecule has 112 valence electrons. The van der Waals surface area contributed by atoms with Crippen molar-refractivity contribution in [1.29, 1.82) is 0 Å². The molecule has 4 fully saturated rings. The molecule has 0 saturated carbocycles. The highest BCUT2D eigenvalue weighted by Gasteiger charge is 2.40. The number of thioether (sulfide) groups is 1. The van der Waals surface area contributed by atoms with Crippen molar-refractivity contribution in [3.8, 4) is 0 Å². The SMILES string of the molecule is C1CC2(CCS1)CNC2.C1CC2(CN1)COC2.CC. The monoisotopic (exact) mass is 286 g/mol.